The predicted octanol–water partition coefficient (Wildman–Crippen LogP) is 3.83. The zero-order valence-electron chi connectivity index (χ0n) is 8.31. The predicted molar refractivity (Wildman–Crippen MR) is 49.1 cm³/mol. The monoisotopic (exact) mass is 294 g/mol. The van der Waals surface area contributed by atoms with Crippen LogP contribution in [0.25, 0.3) is 0 Å². The van der Waals surface area contributed by atoms with Crippen molar-refractivity contribution in [3.05, 3.63) is 28.8 Å². The van der Waals surface area contributed by atoms with Crippen molar-refractivity contribution in [3.63, 3.8) is 0 Å². The molecule has 9 heteroatoms. The van der Waals surface area contributed by atoms with Crippen molar-refractivity contribution in [1.82, 2.24) is 0 Å². The Balaban J connectivity index is 3.00. The fourth-order valence-corrected chi connectivity index (χ4v) is 1.31. The summed E-state index contributed by atoms with van der Waals surface area (Å²) in [5.41, 5.74) is -0.679. The lowest BCUT2D eigenvalue weighted by Crippen LogP contribution is -2.20. The Kier molecular flexibility index (Phi) is 4.02. The fraction of sp³-hybridized carbons (Fsp3) is 0.333. The summed E-state index contributed by atoms with van der Waals surface area (Å²) in [4.78, 5) is 0. The lowest BCUT2D eigenvalue weighted by molar-refractivity contribution is -0.274. The minimum absolute atomic E-state index is 0.556. The maximum Gasteiger partial charge on any atom is 0.573 e. The summed E-state index contributed by atoms with van der Waals surface area (Å²) >= 11 is 5.33. The first-order chi connectivity index (χ1) is 8.00. The normalized spacial score (nSPS) is 14.4. The van der Waals surface area contributed by atoms with Gasteiger partial charge in [0.15, 0.2) is 6.10 Å². The van der Waals surface area contributed by atoms with Crippen molar-refractivity contribution in [2.75, 3.05) is 0 Å². The molecule has 0 heterocycles. The van der Waals surface area contributed by atoms with Crippen LogP contribution in [0, 0.1) is 0 Å². The quantitative estimate of drug-likeness (QED) is 0.840. The molecule has 0 aliphatic heterocycles. The van der Waals surface area contributed by atoms with Gasteiger partial charge in [0.05, 0.1) is 5.02 Å². The zero-order valence-corrected chi connectivity index (χ0v) is 9.07. The first-order valence-electron chi connectivity index (χ1n) is 4.30. The minimum atomic E-state index is -5.01. The van der Waals surface area contributed by atoms with E-state index in [1.807, 2.05) is 0 Å². The van der Waals surface area contributed by atoms with Crippen molar-refractivity contribution >= 4 is 11.6 Å². The Morgan fingerprint density at radius 3 is 2.06 bits per heavy atom. The van der Waals surface area contributed by atoms with Gasteiger partial charge in [-0.25, -0.2) is 0 Å². The maximum atomic E-state index is 12.1. The Morgan fingerprint density at radius 2 is 1.67 bits per heavy atom. The highest BCUT2D eigenvalue weighted by Crippen LogP contribution is 2.37. The molecular formula is C9H5ClF6O2. The number of rotatable bonds is 2. The largest absolute Gasteiger partial charge is 0.573 e. The van der Waals surface area contributed by atoms with Gasteiger partial charge >= 0.3 is 12.5 Å². The molecule has 0 radical (unpaired) electrons. The molecule has 1 unspecified atom stereocenters. The molecule has 1 atom stereocenters. The Hall–Kier alpha value is -1.15. The SMILES string of the molecule is OC(c1ccc(OC(F)(F)F)c(Cl)c1)C(F)(F)F. The van der Waals surface area contributed by atoms with Crippen molar-refractivity contribution in [3.8, 4) is 5.75 Å². The van der Waals surface area contributed by atoms with E-state index in [9.17, 15) is 26.3 Å². The van der Waals surface area contributed by atoms with Crippen LogP contribution in [0.15, 0.2) is 18.2 Å². The summed E-state index contributed by atoms with van der Waals surface area (Å²) in [7, 11) is 0. The van der Waals surface area contributed by atoms with Crippen molar-refractivity contribution < 1.29 is 36.2 Å². The standard InChI is InChI=1S/C9H5ClF6O2/c10-5-3-4(7(17)8(11,12)13)1-2-6(5)18-9(14,15)16/h1-3,7,17H. The number of hydrogen-bond donors (Lipinski definition) is 1. The van der Waals surface area contributed by atoms with E-state index >= 15 is 0 Å². The van der Waals surface area contributed by atoms with Crippen LogP contribution < -0.4 is 4.74 Å². The van der Waals surface area contributed by atoms with Crippen molar-refractivity contribution in [2.45, 2.75) is 18.6 Å². The molecule has 1 aromatic carbocycles. The van der Waals surface area contributed by atoms with E-state index in [1.54, 1.807) is 0 Å². The van der Waals surface area contributed by atoms with E-state index in [-0.39, 0.29) is 0 Å². The molecule has 0 aliphatic carbocycles. The molecule has 0 bridgehead atoms. The summed E-state index contributed by atoms with van der Waals surface area (Å²) in [6.07, 6.45) is -12.8. The number of hydrogen-bond acceptors (Lipinski definition) is 2. The van der Waals surface area contributed by atoms with E-state index in [1.165, 1.54) is 0 Å². The highest BCUT2D eigenvalue weighted by molar-refractivity contribution is 6.32. The molecule has 0 amide bonds. The molecule has 1 N–H and O–H groups in total. The van der Waals surface area contributed by atoms with Crippen molar-refractivity contribution in [1.29, 1.82) is 0 Å². The zero-order chi connectivity index (χ0) is 14.1. The molecule has 0 fully saturated rings. The van der Waals surface area contributed by atoms with Gasteiger partial charge in [-0.2, -0.15) is 13.2 Å². The number of aliphatic hydroxyl groups is 1. The maximum absolute atomic E-state index is 12.1. The highest BCUT2D eigenvalue weighted by Gasteiger charge is 2.40. The molecule has 0 saturated heterocycles. The van der Waals surface area contributed by atoms with E-state index < -0.39 is 35.0 Å². The van der Waals surface area contributed by atoms with Crippen LogP contribution >= 0.6 is 11.6 Å². The molecule has 0 aliphatic rings. The second kappa shape index (κ2) is 4.85. The molecule has 1 aromatic rings. The van der Waals surface area contributed by atoms with Crippen LogP contribution in [0.3, 0.4) is 0 Å². The first kappa shape index (κ1) is 14.9. The Morgan fingerprint density at radius 1 is 1.11 bits per heavy atom. The van der Waals surface area contributed by atoms with Gasteiger partial charge in [0, 0.05) is 0 Å². The van der Waals surface area contributed by atoms with Gasteiger partial charge in [-0.05, 0) is 17.7 Å². The summed E-state index contributed by atoms with van der Waals surface area (Å²) in [6, 6.07) is 1.80. The van der Waals surface area contributed by atoms with E-state index in [0.717, 1.165) is 0 Å². The molecular weight excluding hydrogens is 290 g/mol. The average molecular weight is 295 g/mol. The molecule has 102 valence electrons. The second-order valence-electron chi connectivity index (χ2n) is 3.18. The number of alkyl halides is 6. The van der Waals surface area contributed by atoms with Crippen LogP contribution in [-0.4, -0.2) is 17.6 Å². The second-order valence-corrected chi connectivity index (χ2v) is 3.59. The van der Waals surface area contributed by atoms with Crippen LogP contribution in [0.5, 0.6) is 5.75 Å². The van der Waals surface area contributed by atoms with Gasteiger partial charge in [-0.1, -0.05) is 17.7 Å². The number of halogens is 7. The third-order valence-electron chi connectivity index (χ3n) is 1.81. The van der Waals surface area contributed by atoms with Gasteiger partial charge in [0.1, 0.15) is 5.75 Å². The molecule has 0 spiro atoms. The lowest BCUT2D eigenvalue weighted by atomic mass is 10.1. The molecule has 0 aromatic heterocycles. The van der Waals surface area contributed by atoms with Gasteiger partial charge < -0.3 is 9.84 Å². The topological polar surface area (TPSA) is 29.5 Å². The van der Waals surface area contributed by atoms with Gasteiger partial charge in [0.2, 0.25) is 0 Å². The lowest BCUT2D eigenvalue weighted by Gasteiger charge is -2.16. The summed E-state index contributed by atoms with van der Waals surface area (Å²) in [6.45, 7) is 0. The molecule has 1 rings (SSSR count). The van der Waals surface area contributed by atoms with E-state index in [2.05, 4.69) is 4.74 Å². The Labute approximate surface area is 102 Å². The summed E-state index contributed by atoms with van der Waals surface area (Å²) in [5.74, 6) is -0.845. The average Bonchev–Trinajstić information content (AvgIpc) is 2.16. The van der Waals surface area contributed by atoms with Crippen LogP contribution in [-0.2, 0) is 0 Å². The third-order valence-corrected chi connectivity index (χ3v) is 2.10. The van der Waals surface area contributed by atoms with Crippen LogP contribution in [0.2, 0.25) is 5.02 Å². The number of benzene rings is 1. The summed E-state index contributed by atoms with van der Waals surface area (Å²) < 4.78 is 75.4. The van der Waals surface area contributed by atoms with Crippen LogP contribution in [0.1, 0.15) is 11.7 Å². The van der Waals surface area contributed by atoms with Gasteiger partial charge in [0.25, 0.3) is 0 Å². The number of aliphatic hydroxyl groups excluding tert-OH is 1. The third kappa shape index (κ3) is 3.95. The fourth-order valence-electron chi connectivity index (χ4n) is 1.08. The first-order valence-corrected chi connectivity index (χ1v) is 4.68. The van der Waals surface area contributed by atoms with Gasteiger partial charge in [-0.3, -0.25) is 0 Å². The van der Waals surface area contributed by atoms with E-state index in [4.69, 9.17) is 16.7 Å². The van der Waals surface area contributed by atoms with E-state index in [0.29, 0.717) is 18.2 Å². The number of ether oxygens (including phenoxy) is 1. The van der Waals surface area contributed by atoms with Crippen molar-refractivity contribution in [2.24, 2.45) is 0 Å². The molecule has 0 saturated carbocycles. The van der Waals surface area contributed by atoms with Gasteiger partial charge in [-0.15, -0.1) is 13.2 Å². The Bertz CT molecular complexity index is 428. The van der Waals surface area contributed by atoms with Crippen LogP contribution in [0.4, 0.5) is 26.3 Å². The summed E-state index contributed by atoms with van der Waals surface area (Å²) in [5, 5.41) is 8.17. The smallest absolute Gasteiger partial charge is 0.404 e. The molecule has 2 nitrogen and oxygen atoms in total. The minimum Gasteiger partial charge on any atom is -0.404 e. The highest BCUT2D eigenvalue weighted by atomic mass is 35.5. The molecule has 18 heavy (non-hydrogen) atoms.